The Balaban J connectivity index is 2.68. The van der Waals surface area contributed by atoms with E-state index >= 15 is 0 Å². The van der Waals surface area contributed by atoms with E-state index in [4.69, 9.17) is 5.26 Å². The largest absolute Gasteiger partial charge is 0.299 e. The maximum absolute atomic E-state index is 8.90. The smallest absolute Gasteiger partial charge is 0.0669 e. The van der Waals surface area contributed by atoms with Gasteiger partial charge in [0.15, 0.2) is 0 Å². The van der Waals surface area contributed by atoms with Crippen molar-refractivity contribution in [3.63, 3.8) is 0 Å². The molecule has 0 heterocycles. The van der Waals surface area contributed by atoms with Crippen LogP contribution in [0.1, 0.15) is 50.7 Å². The van der Waals surface area contributed by atoms with Gasteiger partial charge in [0, 0.05) is 6.54 Å². The number of rotatable bonds is 9. The van der Waals surface area contributed by atoms with Gasteiger partial charge in [0.1, 0.15) is 0 Å². The highest BCUT2D eigenvalue weighted by Crippen LogP contribution is 2.13. The SMILES string of the molecule is CCCCN(CCCC)Cc1ccccc1CC#N. The summed E-state index contributed by atoms with van der Waals surface area (Å²) >= 11 is 0. The van der Waals surface area contributed by atoms with Crippen molar-refractivity contribution in [2.45, 2.75) is 52.5 Å². The lowest BCUT2D eigenvalue weighted by Gasteiger charge is -2.23. The van der Waals surface area contributed by atoms with E-state index in [9.17, 15) is 0 Å². The van der Waals surface area contributed by atoms with Crippen LogP contribution in [0.2, 0.25) is 0 Å². The Morgan fingerprint density at radius 2 is 1.58 bits per heavy atom. The lowest BCUT2D eigenvalue weighted by atomic mass is 10.0. The Morgan fingerprint density at radius 3 is 2.11 bits per heavy atom. The second kappa shape index (κ2) is 9.58. The molecule has 0 N–H and O–H groups in total. The summed E-state index contributed by atoms with van der Waals surface area (Å²) < 4.78 is 0. The molecule has 0 amide bonds. The molecule has 0 spiro atoms. The van der Waals surface area contributed by atoms with Crippen LogP contribution in [-0.2, 0) is 13.0 Å². The zero-order valence-electron chi connectivity index (χ0n) is 12.4. The molecule has 2 nitrogen and oxygen atoms in total. The Bertz CT molecular complexity index is 384. The highest BCUT2D eigenvalue weighted by Gasteiger charge is 2.08. The molecule has 0 aliphatic rings. The number of nitriles is 1. The minimum absolute atomic E-state index is 0.519. The van der Waals surface area contributed by atoms with E-state index in [1.165, 1.54) is 36.8 Å². The summed E-state index contributed by atoms with van der Waals surface area (Å²) in [5.41, 5.74) is 2.50. The molecule has 1 rings (SSSR count). The first kappa shape index (κ1) is 15.7. The van der Waals surface area contributed by atoms with Crippen molar-refractivity contribution in [1.29, 1.82) is 5.26 Å². The molecule has 0 aliphatic heterocycles. The molecule has 19 heavy (non-hydrogen) atoms. The van der Waals surface area contributed by atoms with Crippen molar-refractivity contribution in [3.05, 3.63) is 35.4 Å². The second-order valence-corrected chi connectivity index (χ2v) is 5.09. The fourth-order valence-electron chi connectivity index (χ4n) is 2.24. The Labute approximate surface area is 118 Å². The van der Waals surface area contributed by atoms with Gasteiger partial charge in [-0.2, -0.15) is 5.26 Å². The van der Waals surface area contributed by atoms with Crippen molar-refractivity contribution in [2.24, 2.45) is 0 Å². The van der Waals surface area contributed by atoms with Crippen LogP contribution in [0.5, 0.6) is 0 Å². The minimum Gasteiger partial charge on any atom is -0.299 e. The maximum Gasteiger partial charge on any atom is 0.0669 e. The van der Waals surface area contributed by atoms with Gasteiger partial charge in [-0.1, -0.05) is 51.0 Å². The van der Waals surface area contributed by atoms with Crippen LogP contribution < -0.4 is 0 Å². The first-order valence-electron chi connectivity index (χ1n) is 7.47. The molecule has 0 atom stereocenters. The zero-order valence-corrected chi connectivity index (χ0v) is 12.4. The lowest BCUT2D eigenvalue weighted by Crippen LogP contribution is -2.26. The molecule has 0 bridgehead atoms. The molecule has 0 aromatic heterocycles. The molecule has 2 heteroatoms. The summed E-state index contributed by atoms with van der Waals surface area (Å²) in [7, 11) is 0. The van der Waals surface area contributed by atoms with Crippen molar-refractivity contribution in [3.8, 4) is 6.07 Å². The van der Waals surface area contributed by atoms with Crippen LogP contribution in [0.15, 0.2) is 24.3 Å². The third-order valence-corrected chi connectivity index (χ3v) is 3.44. The minimum atomic E-state index is 0.519. The fraction of sp³-hybridized carbons (Fsp3) is 0.588. The van der Waals surface area contributed by atoms with E-state index in [0.29, 0.717) is 6.42 Å². The van der Waals surface area contributed by atoms with Crippen LogP contribution in [0.4, 0.5) is 0 Å². The normalized spacial score (nSPS) is 10.6. The van der Waals surface area contributed by atoms with E-state index in [1.807, 2.05) is 6.07 Å². The third-order valence-electron chi connectivity index (χ3n) is 3.44. The Hall–Kier alpha value is -1.33. The van der Waals surface area contributed by atoms with Crippen molar-refractivity contribution >= 4 is 0 Å². The second-order valence-electron chi connectivity index (χ2n) is 5.09. The average molecular weight is 258 g/mol. The van der Waals surface area contributed by atoms with Gasteiger partial charge in [-0.25, -0.2) is 0 Å². The van der Waals surface area contributed by atoms with Crippen LogP contribution >= 0.6 is 0 Å². The summed E-state index contributed by atoms with van der Waals surface area (Å²) in [5, 5.41) is 8.90. The van der Waals surface area contributed by atoms with Crippen molar-refractivity contribution < 1.29 is 0 Å². The standard InChI is InChI=1S/C17H26N2/c1-3-5-13-19(14-6-4-2)15-17-10-8-7-9-16(17)11-12-18/h7-10H,3-6,11,13-15H2,1-2H3. The number of unbranched alkanes of at least 4 members (excludes halogenated alkanes) is 2. The third kappa shape index (κ3) is 5.89. The molecule has 1 aromatic rings. The highest BCUT2D eigenvalue weighted by molar-refractivity contribution is 5.29. The average Bonchev–Trinajstić information content (AvgIpc) is 2.44. The van der Waals surface area contributed by atoms with Crippen LogP contribution in [0.25, 0.3) is 0 Å². The van der Waals surface area contributed by atoms with Crippen molar-refractivity contribution in [1.82, 2.24) is 4.90 Å². The van der Waals surface area contributed by atoms with Gasteiger partial charge < -0.3 is 0 Å². The van der Waals surface area contributed by atoms with E-state index in [-0.39, 0.29) is 0 Å². The summed E-state index contributed by atoms with van der Waals surface area (Å²) in [4.78, 5) is 2.53. The molecule has 0 unspecified atom stereocenters. The van der Waals surface area contributed by atoms with E-state index in [0.717, 1.165) is 19.6 Å². The van der Waals surface area contributed by atoms with E-state index < -0.39 is 0 Å². The Morgan fingerprint density at radius 1 is 1.00 bits per heavy atom. The lowest BCUT2D eigenvalue weighted by molar-refractivity contribution is 0.256. The molecule has 0 saturated heterocycles. The first-order chi connectivity index (χ1) is 9.31. The summed E-state index contributed by atoms with van der Waals surface area (Å²) in [5.74, 6) is 0. The number of nitrogens with zero attached hydrogens (tertiary/aromatic N) is 2. The molecule has 0 aliphatic carbocycles. The topological polar surface area (TPSA) is 27.0 Å². The van der Waals surface area contributed by atoms with Gasteiger partial charge in [-0.05, 0) is 37.1 Å². The van der Waals surface area contributed by atoms with Crippen LogP contribution in [-0.4, -0.2) is 18.0 Å². The van der Waals surface area contributed by atoms with Gasteiger partial charge >= 0.3 is 0 Å². The number of benzene rings is 1. The quantitative estimate of drug-likeness (QED) is 0.665. The molecule has 0 radical (unpaired) electrons. The van der Waals surface area contributed by atoms with Crippen LogP contribution in [0, 0.1) is 11.3 Å². The Kier molecular flexibility index (Phi) is 7.93. The predicted octanol–water partition coefficient (Wildman–Crippen LogP) is 4.15. The fourth-order valence-corrected chi connectivity index (χ4v) is 2.24. The molecule has 1 aromatic carbocycles. The van der Waals surface area contributed by atoms with Gasteiger partial charge in [0.25, 0.3) is 0 Å². The maximum atomic E-state index is 8.90. The number of hydrogen-bond acceptors (Lipinski definition) is 2. The van der Waals surface area contributed by atoms with E-state index in [2.05, 4.69) is 43.0 Å². The van der Waals surface area contributed by atoms with Gasteiger partial charge in [0.05, 0.1) is 12.5 Å². The monoisotopic (exact) mass is 258 g/mol. The van der Waals surface area contributed by atoms with E-state index in [1.54, 1.807) is 0 Å². The predicted molar refractivity (Wildman–Crippen MR) is 80.9 cm³/mol. The number of hydrogen-bond donors (Lipinski definition) is 0. The van der Waals surface area contributed by atoms with Crippen LogP contribution in [0.3, 0.4) is 0 Å². The molecule has 0 saturated carbocycles. The molecule has 0 fully saturated rings. The molecule has 104 valence electrons. The molecular formula is C17H26N2. The molecular weight excluding hydrogens is 232 g/mol. The highest BCUT2D eigenvalue weighted by atomic mass is 15.1. The summed E-state index contributed by atoms with van der Waals surface area (Å²) in [6.07, 6.45) is 5.50. The van der Waals surface area contributed by atoms with Gasteiger partial charge in [0.2, 0.25) is 0 Å². The van der Waals surface area contributed by atoms with Gasteiger partial charge in [-0.15, -0.1) is 0 Å². The van der Waals surface area contributed by atoms with Gasteiger partial charge in [-0.3, -0.25) is 4.90 Å². The summed E-state index contributed by atoms with van der Waals surface area (Å²) in [6, 6.07) is 10.6. The zero-order chi connectivity index (χ0) is 13.9. The first-order valence-corrected chi connectivity index (χ1v) is 7.47. The van der Waals surface area contributed by atoms with Crippen molar-refractivity contribution in [2.75, 3.05) is 13.1 Å². The summed E-state index contributed by atoms with van der Waals surface area (Å²) in [6.45, 7) is 7.79.